The number of anilines is 1. The topological polar surface area (TPSA) is 54.0 Å². The van der Waals surface area contributed by atoms with Gasteiger partial charge in [-0.25, -0.2) is 13.8 Å². The average molecular weight is 311 g/mol. The quantitative estimate of drug-likeness (QED) is 0.893. The molecule has 0 atom stereocenters. The minimum atomic E-state index is -0.793. The Morgan fingerprint density at radius 2 is 2.00 bits per heavy atom. The van der Waals surface area contributed by atoms with Crippen LogP contribution in [0.25, 0.3) is 0 Å². The first-order valence-electron chi connectivity index (χ1n) is 6.37. The van der Waals surface area contributed by atoms with Crippen molar-refractivity contribution in [2.75, 3.05) is 18.9 Å². The summed E-state index contributed by atoms with van der Waals surface area (Å²) in [5.74, 6) is -2.10. The van der Waals surface area contributed by atoms with Crippen molar-refractivity contribution in [1.82, 2.24) is 10.3 Å². The third-order valence-electron chi connectivity index (χ3n) is 2.85. The van der Waals surface area contributed by atoms with E-state index < -0.39 is 17.5 Å². The maximum absolute atomic E-state index is 13.6. The summed E-state index contributed by atoms with van der Waals surface area (Å²) in [5.41, 5.74) is 0.650. The zero-order valence-corrected chi connectivity index (χ0v) is 12.5. The van der Waals surface area contributed by atoms with Crippen LogP contribution in [-0.2, 0) is 6.42 Å². The molecule has 1 aromatic heterocycles. The lowest BCUT2D eigenvalue weighted by atomic mass is 10.1. The van der Waals surface area contributed by atoms with Crippen LogP contribution in [0.3, 0.4) is 0 Å². The molecular weight excluding hydrogens is 296 g/mol. The molecule has 0 aliphatic carbocycles. The van der Waals surface area contributed by atoms with Crippen molar-refractivity contribution in [1.29, 1.82) is 0 Å². The molecule has 0 saturated carbocycles. The van der Waals surface area contributed by atoms with E-state index in [-0.39, 0.29) is 11.3 Å². The van der Waals surface area contributed by atoms with Crippen LogP contribution in [-0.4, -0.2) is 24.5 Å². The first kappa shape index (κ1) is 15.4. The van der Waals surface area contributed by atoms with Crippen LogP contribution in [0.4, 0.5) is 14.5 Å². The summed E-state index contributed by atoms with van der Waals surface area (Å²) in [5, 5.41) is 7.87. The van der Waals surface area contributed by atoms with Gasteiger partial charge >= 0.3 is 0 Å². The fourth-order valence-electron chi connectivity index (χ4n) is 1.85. The van der Waals surface area contributed by atoms with E-state index in [1.807, 2.05) is 12.3 Å². The molecule has 2 aromatic rings. The number of hydrogen-bond donors (Lipinski definition) is 2. The molecule has 0 fully saturated rings. The average Bonchev–Trinajstić information content (AvgIpc) is 2.84. The molecule has 0 bridgehead atoms. The lowest BCUT2D eigenvalue weighted by Gasteiger charge is -2.08. The number of nitrogens with zero attached hydrogens (tertiary/aromatic N) is 1. The number of amides is 1. The first-order chi connectivity index (χ1) is 10.0. The Labute approximate surface area is 125 Å². The summed E-state index contributed by atoms with van der Waals surface area (Å²) >= 11 is 1.52. The van der Waals surface area contributed by atoms with Crippen molar-refractivity contribution in [3.8, 4) is 0 Å². The molecule has 1 heterocycles. The maximum Gasteiger partial charge on any atom is 0.251 e. The van der Waals surface area contributed by atoms with Gasteiger partial charge < -0.3 is 10.6 Å². The summed E-state index contributed by atoms with van der Waals surface area (Å²) in [6.07, 6.45) is 0.587. The lowest BCUT2D eigenvalue weighted by molar-refractivity contribution is 0.0953. The van der Waals surface area contributed by atoms with Crippen molar-refractivity contribution in [2.45, 2.75) is 13.3 Å². The Morgan fingerprint density at radius 3 is 2.52 bits per heavy atom. The number of aryl methyl sites for hydroxylation is 1. The van der Waals surface area contributed by atoms with Gasteiger partial charge in [0.15, 0.2) is 0 Å². The number of benzene rings is 1. The second-order valence-corrected chi connectivity index (χ2v) is 5.40. The highest BCUT2D eigenvalue weighted by molar-refractivity contribution is 7.09. The Kier molecular flexibility index (Phi) is 4.85. The molecule has 0 radical (unpaired) electrons. The third kappa shape index (κ3) is 3.75. The number of carbonyl (C=O) groups excluding carboxylic acids is 1. The monoisotopic (exact) mass is 311 g/mol. The molecule has 0 spiro atoms. The summed E-state index contributed by atoms with van der Waals surface area (Å²) < 4.78 is 27.1. The van der Waals surface area contributed by atoms with Crippen molar-refractivity contribution < 1.29 is 13.6 Å². The molecule has 2 rings (SSSR count). The fraction of sp³-hybridized carbons (Fsp3) is 0.286. The van der Waals surface area contributed by atoms with Gasteiger partial charge in [-0.15, -0.1) is 11.3 Å². The Balaban J connectivity index is 1.97. The molecule has 1 aromatic carbocycles. The molecule has 112 valence electrons. The van der Waals surface area contributed by atoms with Crippen LogP contribution in [0, 0.1) is 18.6 Å². The van der Waals surface area contributed by atoms with Crippen molar-refractivity contribution in [3.05, 3.63) is 45.4 Å². The van der Waals surface area contributed by atoms with Gasteiger partial charge in [-0.3, -0.25) is 4.79 Å². The lowest BCUT2D eigenvalue weighted by Crippen LogP contribution is -2.26. The van der Waals surface area contributed by atoms with Crippen LogP contribution in [0.15, 0.2) is 17.5 Å². The molecule has 0 saturated heterocycles. The highest BCUT2D eigenvalue weighted by atomic mass is 32.1. The highest BCUT2D eigenvalue weighted by Crippen LogP contribution is 2.20. The van der Waals surface area contributed by atoms with Gasteiger partial charge in [-0.2, -0.15) is 0 Å². The number of nitrogens with one attached hydrogen (secondary N) is 2. The van der Waals surface area contributed by atoms with E-state index in [1.54, 1.807) is 0 Å². The van der Waals surface area contributed by atoms with Gasteiger partial charge in [0, 0.05) is 36.7 Å². The van der Waals surface area contributed by atoms with Crippen molar-refractivity contribution in [2.24, 2.45) is 0 Å². The van der Waals surface area contributed by atoms with E-state index in [0.717, 1.165) is 22.8 Å². The molecule has 0 aliphatic rings. The van der Waals surface area contributed by atoms with E-state index in [2.05, 4.69) is 15.6 Å². The third-order valence-corrected chi connectivity index (χ3v) is 3.87. The highest BCUT2D eigenvalue weighted by Gasteiger charge is 2.14. The van der Waals surface area contributed by atoms with Gasteiger partial charge in [0.2, 0.25) is 0 Å². The number of aromatic nitrogens is 1. The summed E-state index contributed by atoms with van der Waals surface area (Å²) in [7, 11) is 1.41. The number of hydrogen-bond acceptors (Lipinski definition) is 4. The molecule has 2 N–H and O–H groups in total. The van der Waals surface area contributed by atoms with Crippen molar-refractivity contribution in [3.63, 3.8) is 0 Å². The molecule has 21 heavy (non-hydrogen) atoms. The smallest absolute Gasteiger partial charge is 0.251 e. The molecule has 0 aliphatic heterocycles. The Hall–Kier alpha value is -2.02. The van der Waals surface area contributed by atoms with Crippen LogP contribution in [0.2, 0.25) is 0 Å². The zero-order valence-electron chi connectivity index (χ0n) is 11.7. The fourth-order valence-corrected chi connectivity index (χ4v) is 2.62. The van der Waals surface area contributed by atoms with E-state index in [0.29, 0.717) is 13.0 Å². The number of halogens is 2. The first-order valence-corrected chi connectivity index (χ1v) is 7.25. The maximum atomic E-state index is 13.6. The van der Waals surface area contributed by atoms with E-state index in [4.69, 9.17) is 0 Å². The normalized spacial score (nSPS) is 10.5. The minimum absolute atomic E-state index is 0.0423. The summed E-state index contributed by atoms with van der Waals surface area (Å²) in [6, 6.07) is 2.02. The van der Waals surface area contributed by atoms with Crippen LogP contribution >= 0.6 is 11.3 Å². The number of rotatable bonds is 5. The van der Waals surface area contributed by atoms with E-state index in [9.17, 15) is 13.6 Å². The predicted molar refractivity (Wildman–Crippen MR) is 78.8 cm³/mol. The second kappa shape index (κ2) is 6.62. The SMILES string of the molecule is CNc1c(F)cc(C(=O)NCCc2nc(C)cs2)cc1F. The predicted octanol–water partition coefficient (Wildman–Crippen LogP) is 2.74. The summed E-state index contributed by atoms with van der Waals surface area (Å²) in [4.78, 5) is 16.1. The molecular formula is C14H15F2N3OS. The Bertz CT molecular complexity index is 634. The molecule has 4 nitrogen and oxygen atoms in total. The van der Waals surface area contributed by atoms with Gasteiger partial charge in [-0.05, 0) is 19.1 Å². The van der Waals surface area contributed by atoms with Crippen LogP contribution in [0.1, 0.15) is 21.1 Å². The van der Waals surface area contributed by atoms with Crippen LogP contribution < -0.4 is 10.6 Å². The zero-order chi connectivity index (χ0) is 15.4. The molecule has 1 amide bonds. The molecule has 0 unspecified atom stereocenters. The van der Waals surface area contributed by atoms with Crippen LogP contribution in [0.5, 0.6) is 0 Å². The van der Waals surface area contributed by atoms with E-state index >= 15 is 0 Å². The van der Waals surface area contributed by atoms with Gasteiger partial charge in [0.25, 0.3) is 5.91 Å². The Morgan fingerprint density at radius 1 is 1.33 bits per heavy atom. The largest absolute Gasteiger partial charge is 0.383 e. The standard InChI is InChI=1S/C14H15F2N3OS/c1-8-7-21-12(19-8)3-4-18-14(20)9-5-10(15)13(17-2)11(16)6-9/h5-7,17H,3-4H2,1-2H3,(H,18,20). The number of carbonyl (C=O) groups is 1. The minimum Gasteiger partial charge on any atom is -0.383 e. The van der Waals surface area contributed by atoms with E-state index in [1.165, 1.54) is 18.4 Å². The number of thiazole rings is 1. The van der Waals surface area contributed by atoms with Gasteiger partial charge in [-0.1, -0.05) is 0 Å². The van der Waals surface area contributed by atoms with Gasteiger partial charge in [0.05, 0.1) is 5.01 Å². The van der Waals surface area contributed by atoms with Crippen molar-refractivity contribution >= 4 is 22.9 Å². The summed E-state index contributed by atoms with van der Waals surface area (Å²) in [6.45, 7) is 2.26. The molecule has 7 heteroatoms. The second-order valence-electron chi connectivity index (χ2n) is 4.45. The van der Waals surface area contributed by atoms with Gasteiger partial charge in [0.1, 0.15) is 17.3 Å².